The molecule has 1 fully saturated rings. The molecular weight excluding hydrogens is 279 g/mol. The molecule has 1 aliphatic heterocycles. The maximum atomic E-state index is 6.05. The van der Waals surface area contributed by atoms with Gasteiger partial charge in [0.25, 0.3) is 0 Å². The second-order valence-electron chi connectivity index (χ2n) is 6.48. The number of hydrogen-bond acceptors (Lipinski definition) is 4. The van der Waals surface area contributed by atoms with Gasteiger partial charge < -0.3 is 14.0 Å². The van der Waals surface area contributed by atoms with Crippen molar-refractivity contribution in [3.05, 3.63) is 36.7 Å². The number of nitrogens with zero attached hydrogens (tertiary/aromatic N) is 2. The van der Waals surface area contributed by atoms with Crippen LogP contribution >= 0.6 is 0 Å². The number of rotatable bonds is 3. The standard InChI is InChI=1S/C16H21BN2O3/c1-15(2)16(3,4)22-17(21-15)12-10-18-19(11-12)13-8-6-7-9-14(13)20-5/h6-11H,1-5H3. The zero-order valence-electron chi connectivity index (χ0n) is 13.7. The van der Waals surface area contributed by atoms with Crippen LogP contribution in [0.2, 0.25) is 0 Å². The van der Waals surface area contributed by atoms with Gasteiger partial charge in [-0.05, 0) is 39.8 Å². The van der Waals surface area contributed by atoms with E-state index in [-0.39, 0.29) is 11.2 Å². The van der Waals surface area contributed by atoms with Crippen molar-refractivity contribution in [2.24, 2.45) is 0 Å². The van der Waals surface area contributed by atoms with E-state index in [1.54, 1.807) is 18.0 Å². The molecular formula is C16H21BN2O3. The number of aromatic nitrogens is 2. The van der Waals surface area contributed by atoms with Gasteiger partial charge in [-0.15, -0.1) is 0 Å². The SMILES string of the molecule is COc1ccccc1-n1cc(B2OC(C)(C)C(C)(C)O2)cn1. The average Bonchev–Trinajstić information content (AvgIpc) is 3.02. The van der Waals surface area contributed by atoms with Gasteiger partial charge in [-0.2, -0.15) is 5.10 Å². The van der Waals surface area contributed by atoms with Crippen LogP contribution in [0.1, 0.15) is 27.7 Å². The van der Waals surface area contributed by atoms with Crippen molar-refractivity contribution in [3.8, 4) is 11.4 Å². The highest BCUT2D eigenvalue weighted by molar-refractivity contribution is 6.62. The molecule has 0 radical (unpaired) electrons. The fourth-order valence-corrected chi connectivity index (χ4v) is 2.39. The van der Waals surface area contributed by atoms with Crippen molar-refractivity contribution >= 4 is 12.6 Å². The lowest BCUT2D eigenvalue weighted by Crippen LogP contribution is -2.41. The van der Waals surface area contributed by atoms with E-state index in [0.717, 1.165) is 16.9 Å². The number of hydrogen-bond donors (Lipinski definition) is 0. The topological polar surface area (TPSA) is 45.5 Å². The predicted octanol–water partition coefficient (Wildman–Crippen LogP) is 2.18. The zero-order valence-corrected chi connectivity index (χ0v) is 13.7. The molecule has 1 aromatic carbocycles. The molecule has 0 unspecified atom stereocenters. The minimum atomic E-state index is -0.409. The van der Waals surface area contributed by atoms with Crippen molar-refractivity contribution in [2.75, 3.05) is 7.11 Å². The molecule has 0 amide bonds. The monoisotopic (exact) mass is 300 g/mol. The molecule has 116 valence electrons. The molecule has 0 N–H and O–H groups in total. The van der Waals surface area contributed by atoms with Crippen LogP contribution in [0.5, 0.6) is 5.75 Å². The van der Waals surface area contributed by atoms with Crippen molar-refractivity contribution in [2.45, 2.75) is 38.9 Å². The fourth-order valence-electron chi connectivity index (χ4n) is 2.39. The van der Waals surface area contributed by atoms with Crippen LogP contribution in [0.3, 0.4) is 0 Å². The van der Waals surface area contributed by atoms with Crippen LogP contribution < -0.4 is 10.2 Å². The Morgan fingerprint density at radius 2 is 1.73 bits per heavy atom. The Morgan fingerprint density at radius 3 is 2.36 bits per heavy atom. The Kier molecular flexibility index (Phi) is 3.53. The lowest BCUT2D eigenvalue weighted by molar-refractivity contribution is 0.00578. The van der Waals surface area contributed by atoms with Crippen molar-refractivity contribution in [1.82, 2.24) is 9.78 Å². The average molecular weight is 300 g/mol. The number of benzene rings is 1. The van der Waals surface area contributed by atoms with Gasteiger partial charge in [-0.1, -0.05) is 12.1 Å². The van der Waals surface area contributed by atoms with E-state index in [0.29, 0.717) is 0 Å². The molecule has 6 heteroatoms. The Balaban J connectivity index is 1.89. The van der Waals surface area contributed by atoms with Gasteiger partial charge in [-0.3, -0.25) is 0 Å². The minimum absolute atomic E-state index is 0.357. The summed E-state index contributed by atoms with van der Waals surface area (Å²) in [7, 11) is 1.24. The van der Waals surface area contributed by atoms with Crippen molar-refractivity contribution in [1.29, 1.82) is 0 Å². The number of methoxy groups -OCH3 is 1. The molecule has 0 saturated carbocycles. The third-order valence-corrected chi connectivity index (χ3v) is 4.46. The van der Waals surface area contributed by atoms with E-state index in [9.17, 15) is 0 Å². The van der Waals surface area contributed by atoms with E-state index >= 15 is 0 Å². The quantitative estimate of drug-likeness (QED) is 0.815. The maximum Gasteiger partial charge on any atom is 0.498 e. The summed E-state index contributed by atoms with van der Waals surface area (Å²) in [5, 5.41) is 4.41. The summed E-state index contributed by atoms with van der Waals surface area (Å²) in [5.41, 5.74) is 1.06. The molecule has 0 spiro atoms. The van der Waals surface area contributed by atoms with Crippen LogP contribution in [-0.2, 0) is 9.31 Å². The van der Waals surface area contributed by atoms with Gasteiger partial charge in [0, 0.05) is 17.9 Å². The van der Waals surface area contributed by atoms with Gasteiger partial charge >= 0.3 is 7.12 Å². The van der Waals surface area contributed by atoms with E-state index in [1.807, 2.05) is 58.2 Å². The summed E-state index contributed by atoms with van der Waals surface area (Å²) >= 11 is 0. The second-order valence-corrected chi connectivity index (χ2v) is 6.48. The third kappa shape index (κ3) is 2.42. The number of ether oxygens (including phenoxy) is 1. The molecule has 0 atom stereocenters. The lowest BCUT2D eigenvalue weighted by atomic mass is 9.82. The highest BCUT2D eigenvalue weighted by atomic mass is 16.7. The summed E-state index contributed by atoms with van der Waals surface area (Å²) in [6.07, 6.45) is 3.69. The third-order valence-electron chi connectivity index (χ3n) is 4.46. The molecule has 22 heavy (non-hydrogen) atoms. The van der Waals surface area contributed by atoms with E-state index < -0.39 is 7.12 Å². The Labute approximate surface area is 131 Å². The highest BCUT2D eigenvalue weighted by Crippen LogP contribution is 2.36. The summed E-state index contributed by atoms with van der Waals surface area (Å²) in [5.74, 6) is 0.770. The molecule has 1 aliphatic rings. The molecule has 2 aromatic rings. The van der Waals surface area contributed by atoms with Gasteiger partial charge in [0.1, 0.15) is 11.4 Å². The molecule has 5 nitrogen and oxygen atoms in total. The first-order chi connectivity index (χ1) is 10.3. The summed E-state index contributed by atoms with van der Waals surface area (Å²) in [4.78, 5) is 0. The summed E-state index contributed by atoms with van der Waals surface area (Å²) < 4.78 is 19.3. The maximum absolute atomic E-state index is 6.05. The van der Waals surface area contributed by atoms with Gasteiger partial charge in [-0.25, -0.2) is 4.68 Å². The van der Waals surface area contributed by atoms with E-state index in [1.165, 1.54) is 0 Å². The smallest absolute Gasteiger partial charge is 0.494 e. The normalized spacial score (nSPS) is 19.4. The fraction of sp³-hybridized carbons (Fsp3) is 0.438. The first-order valence-electron chi connectivity index (χ1n) is 7.38. The molecule has 0 bridgehead atoms. The molecule has 2 heterocycles. The lowest BCUT2D eigenvalue weighted by Gasteiger charge is -2.32. The van der Waals surface area contributed by atoms with Crippen LogP contribution in [-0.4, -0.2) is 35.2 Å². The molecule has 1 aromatic heterocycles. The van der Waals surface area contributed by atoms with Crippen LogP contribution in [0, 0.1) is 0 Å². The van der Waals surface area contributed by atoms with Gasteiger partial charge in [0.2, 0.25) is 0 Å². The molecule has 3 rings (SSSR count). The summed E-state index contributed by atoms with van der Waals surface area (Å²) in [6.45, 7) is 8.16. The van der Waals surface area contributed by atoms with Crippen molar-refractivity contribution < 1.29 is 14.0 Å². The van der Waals surface area contributed by atoms with Crippen LogP contribution in [0.15, 0.2) is 36.7 Å². The highest BCUT2D eigenvalue weighted by Gasteiger charge is 2.52. The largest absolute Gasteiger partial charge is 0.498 e. The molecule has 1 saturated heterocycles. The van der Waals surface area contributed by atoms with Crippen molar-refractivity contribution in [3.63, 3.8) is 0 Å². The van der Waals surface area contributed by atoms with Gasteiger partial charge in [0.15, 0.2) is 0 Å². The van der Waals surface area contributed by atoms with Crippen LogP contribution in [0.25, 0.3) is 5.69 Å². The molecule has 0 aliphatic carbocycles. The summed E-state index contributed by atoms with van der Waals surface area (Å²) in [6, 6.07) is 7.75. The van der Waals surface area contributed by atoms with Gasteiger partial charge in [0.05, 0.1) is 18.3 Å². The Morgan fingerprint density at radius 1 is 1.09 bits per heavy atom. The first kappa shape index (κ1) is 15.1. The van der Waals surface area contributed by atoms with Crippen LogP contribution in [0.4, 0.5) is 0 Å². The van der Waals surface area contributed by atoms with E-state index in [2.05, 4.69) is 5.10 Å². The minimum Gasteiger partial charge on any atom is -0.494 e. The first-order valence-corrected chi connectivity index (χ1v) is 7.38. The Bertz CT molecular complexity index is 666. The zero-order chi connectivity index (χ0) is 16.0. The van der Waals surface area contributed by atoms with E-state index in [4.69, 9.17) is 14.0 Å². The predicted molar refractivity (Wildman–Crippen MR) is 85.8 cm³/mol. The second kappa shape index (κ2) is 5.14. The number of para-hydroxylation sites is 2. The Hall–Kier alpha value is -1.79.